The van der Waals surface area contributed by atoms with Gasteiger partial charge in [0.15, 0.2) is 0 Å². The third-order valence-electron chi connectivity index (χ3n) is 5.42. The van der Waals surface area contributed by atoms with Crippen molar-refractivity contribution in [1.82, 2.24) is 9.97 Å². The van der Waals surface area contributed by atoms with Crippen molar-refractivity contribution in [1.29, 1.82) is 0 Å². The van der Waals surface area contributed by atoms with Crippen LogP contribution in [0.4, 0.5) is 0 Å². The molecule has 4 aromatic rings. The summed E-state index contributed by atoms with van der Waals surface area (Å²) in [7, 11) is -1.52. The highest BCUT2D eigenvalue weighted by molar-refractivity contribution is 7.21. The molecule has 0 aliphatic carbocycles. The number of benzene rings is 2. The first-order chi connectivity index (χ1) is 13.9. The topological polar surface area (TPSA) is 25.8 Å². The summed E-state index contributed by atoms with van der Waals surface area (Å²) in [6, 6.07) is 11.3. The maximum absolute atomic E-state index is 5.23. The number of fused-ring (bicyclic) bond motifs is 3. The summed E-state index contributed by atoms with van der Waals surface area (Å²) in [5.74, 6) is 0. The number of aryl methyl sites for hydroxylation is 2. The van der Waals surface area contributed by atoms with Crippen LogP contribution in [0.1, 0.15) is 36.9 Å². The Hall–Kier alpha value is -2.04. The molecule has 0 N–H and O–H groups in total. The van der Waals surface area contributed by atoms with Gasteiger partial charge < -0.3 is 0 Å². The zero-order valence-electron chi connectivity index (χ0n) is 19.5. The SMILES string of the molecule is Cc1cc(C)cc(-c2nccc3cc([Si](C)(C)C)c4sc(CC(C)(C)C)nc4c23)c1. The minimum atomic E-state index is -1.52. The number of thiazole rings is 1. The normalized spacial score (nSPS) is 12.8. The van der Waals surface area contributed by atoms with Gasteiger partial charge in [-0.2, -0.15) is 0 Å². The molecule has 0 amide bonds. The standard InChI is InChI=1S/C26H32N2SSi/c1-16-11-17(2)13-19(12-16)23-22-18(9-10-27-23)14-20(30(6,7)8)25-24(22)28-21(29-25)15-26(3,4)5/h9-14H,15H2,1-8H3. The average Bonchev–Trinajstić information content (AvgIpc) is 3.00. The molecule has 156 valence electrons. The highest BCUT2D eigenvalue weighted by Crippen LogP contribution is 2.37. The van der Waals surface area contributed by atoms with Crippen molar-refractivity contribution in [3.8, 4) is 11.3 Å². The molecular weight excluding hydrogens is 400 g/mol. The van der Waals surface area contributed by atoms with Gasteiger partial charge in [-0.25, -0.2) is 4.98 Å². The Bertz CT molecular complexity index is 1240. The number of hydrogen-bond acceptors (Lipinski definition) is 3. The molecular formula is C26H32N2SSi. The molecule has 2 nitrogen and oxygen atoms in total. The first kappa shape index (κ1) is 21.2. The molecule has 0 spiro atoms. The van der Waals surface area contributed by atoms with Crippen LogP contribution in [0.15, 0.2) is 36.5 Å². The first-order valence-corrected chi connectivity index (χ1v) is 15.0. The van der Waals surface area contributed by atoms with E-state index in [4.69, 9.17) is 9.97 Å². The van der Waals surface area contributed by atoms with E-state index in [0.717, 1.165) is 17.6 Å². The predicted octanol–water partition coefficient (Wildman–Crippen LogP) is 7.26. The van der Waals surface area contributed by atoms with Crippen LogP contribution in [0.25, 0.3) is 32.2 Å². The Morgan fingerprint density at radius 1 is 0.967 bits per heavy atom. The fourth-order valence-electron chi connectivity index (χ4n) is 4.20. The van der Waals surface area contributed by atoms with Gasteiger partial charge in [0.1, 0.15) is 0 Å². The van der Waals surface area contributed by atoms with E-state index in [1.54, 1.807) is 0 Å². The number of rotatable bonds is 3. The minimum Gasteiger partial charge on any atom is -0.256 e. The molecule has 30 heavy (non-hydrogen) atoms. The number of aromatic nitrogens is 2. The van der Waals surface area contributed by atoms with Crippen molar-refractivity contribution in [2.45, 2.75) is 60.7 Å². The van der Waals surface area contributed by atoms with Gasteiger partial charge in [-0.1, -0.05) is 63.7 Å². The van der Waals surface area contributed by atoms with E-state index in [1.165, 1.54) is 42.4 Å². The third kappa shape index (κ3) is 4.08. The lowest BCUT2D eigenvalue weighted by atomic mass is 9.93. The van der Waals surface area contributed by atoms with Gasteiger partial charge in [0.05, 0.1) is 29.0 Å². The molecule has 0 unspecified atom stereocenters. The first-order valence-electron chi connectivity index (χ1n) is 10.7. The van der Waals surface area contributed by atoms with Gasteiger partial charge in [0, 0.05) is 23.6 Å². The molecule has 0 fully saturated rings. The summed E-state index contributed by atoms with van der Waals surface area (Å²) in [4.78, 5) is 10.1. The molecule has 2 heterocycles. The molecule has 0 aliphatic rings. The van der Waals surface area contributed by atoms with E-state index in [2.05, 4.69) is 84.6 Å². The van der Waals surface area contributed by atoms with E-state index in [1.807, 2.05) is 17.5 Å². The summed E-state index contributed by atoms with van der Waals surface area (Å²) < 4.78 is 1.37. The zero-order valence-corrected chi connectivity index (χ0v) is 21.3. The van der Waals surface area contributed by atoms with Crippen molar-refractivity contribution >= 4 is 45.6 Å². The lowest BCUT2D eigenvalue weighted by Gasteiger charge is -2.19. The quantitative estimate of drug-likeness (QED) is 0.318. The lowest BCUT2D eigenvalue weighted by molar-refractivity contribution is 0.411. The Morgan fingerprint density at radius 3 is 2.23 bits per heavy atom. The minimum absolute atomic E-state index is 0.220. The molecule has 0 atom stereocenters. The molecule has 0 radical (unpaired) electrons. The van der Waals surface area contributed by atoms with E-state index < -0.39 is 8.07 Å². The van der Waals surface area contributed by atoms with Crippen LogP contribution in [-0.4, -0.2) is 18.0 Å². The highest BCUT2D eigenvalue weighted by Gasteiger charge is 2.25. The van der Waals surface area contributed by atoms with Gasteiger partial charge in [-0.05, 0) is 48.0 Å². The van der Waals surface area contributed by atoms with Crippen molar-refractivity contribution < 1.29 is 0 Å². The molecule has 2 aromatic heterocycles. The highest BCUT2D eigenvalue weighted by atomic mass is 32.1. The van der Waals surface area contributed by atoms with E-state index in [9.17, 15) is 0 Å². The van der Waals surface area contributed by atoms with E-state index in [0.29, 0.717) is 0 Å². The fourth-order valence-corrected chi connectivity index (χ4v) is 7.95. The van der Waals surface area contributed by atoms with Crippen LogP contribution < -0.4 is 5.19 Å². The van der Waals surface area contributed by atoms with Gasteiger partial charge in [-0.15, -0.1) is 11.3 Å². The van der Waals surface area contributed by atoms with Gasteiger partial charge >= 0.3 is 0 Å². The van der Waals surface area contributed by atoms with Gasteiger partial charge in [-0.3, -0.25) is 4.98 Å². The van der Waals surface area contributed by atoms with Crippen LogP contribution in [0.3, 0.4) is 0 Å². The maximum atomic E-state index is 5.23. The summed E-state index contributed by atoms with van der Waals surface area (Å²) in [5, 5.41) is 5.22. The molecule has 0 saturated carbocycles. The number of pyridine rings is 1. The second-order valence-electron chi connectivity index (χ2n) is 10.8. The van der Waals surface area contributed by atoms with Crippen molar-refractivity contribution in [2.24, 2.45) is 5.41 Å². The number of hydrogen-bond donors (Lipinski definition) is 0. The fraction of sp³-hybridized carbons (Fsp3) is 0.385. The average molecular weight is 433 g/mol. The van der Waals surface area contributed by atoms with Crippen LogP contribution in [0, 0.1) is 19.3 Å². The van der Waals surface area contributed by atoms with Crippen LogP contribution in [0.2, 0.25) is 19.6 Å². The van der Waals surface area contributed by atoms with Gasteiger partial charge in [0.25, 0.3) is 0 Å². The summed E-state index contributed by atoms with van der Waals surface area (Å²) in [6.07, 6.45) is 2.95. The maximum Gasteiger partial charge on any atom is 0.0944 e. The molecule has 2 aromatic carbocycles. The molecule has 4 heteroatoms. The lowest BCUT2D eigenvalue weighted by Crippen LogP contribution is -2.37. The van der Waals surface area contributed by atoms with Gasteiger partial charge in [0.2, 0.25) is 0 Å². The number of nitrogens with zero attached hydrogens (tertiary/aromatic N) is 2. The Balaban J connectivity index is 2.10. The third-order valence-corrected chi connectivity index (χ3v) is 8.70. The van der Waals surface area contributed by atoms with Crippen LogP contribution in [0.5, 0.6) is 0 Å². The van der Waals surface area contributed by atoms with Crippen molar-refractivity contribution in [3.05, 3.63) is 52.7 Å². The van der Waals surface area contributed by atoms with Crippen LogP contribution >= 0.6 is 11.3 Å². The predicted molar refractivity (Wildman–Crippen MR) is 136 cm³/mol. The Labute approximate surface area is 185 Å². The summed E-state index contributed by atoms with van der Waals surface area (Å²) in [6.45, 7) is 18.5. The molecule has 0 aliphatic heterocycles. The zero-order chi connectivity index (χ0) is 21.8. The van der Waals surface area contributed by atoms with Crippen molar-refractivity contribution in [3.63, 3.8) is 0 Å². The monoisotopic (exact) mass is 432 g/mol. The van der Waals surface area contributed by atoms with Crippen molar-refractivity contribution in [2.75, 3.05) is 0 Å². The molecule has 0 bridgehead atoms. The second kappa shape index (κ2) is 7.28. The molecule has 4 rings (SSSR count). The summed E-state index contributed by atoms with van der Waals surface area (Å²) >= 11 is 1.90. The Kier molecular flexibility index (Phi) is 5.14. The van der Waals surface area contributed by atoms with E-state index in [-0.39, 0.29) is 5.41 Å². The van der Waals surface area contributed by atoms with E-state index >= 15 is 0 Å². The van der Waals surface area contributed by atoms with Crippen LogP contribution in [-0.2, 0) is 6.42 Å². The molecule has 0 saturated heterocycles. The largest absolute Gasteiger partial charge is 0.256 e. The smallest absolute Gasteiger partial charge is 0.0944 e. The summed E-state index contributed by atoms with van der Waals surface area (Å²) in [5.41, 5.74) is 6.15. The second-order valence-corrected chi connectivity index (χ2v) is 17.0. The Morgan fingerprint density at radius 2 is 1.63 bits per heavy atom.